The van der Waals surface area contributed by atoms with Crippen molar-refractivity contribution in [1.29, 1.82) is 0 Å². The van der Waals surface area contributed by atoms with E-state index in [1.807, 2.05) is 13.2 Å². The molecule has 0 aromatic heterocycles. The molecule has 1 aromatic carbocycles. The lowest BCUT2D eigenvalue weighted by Crippen LogP contribution is -2.29. The summed E-state index contributed by atoms with van der Waals surface area (Å²) in [6.07, 6.45) is 1.98. The molecule has 1 atom stereocenters. The van der Waals surface area contributed by atoms with Crippen LogP contribution in [-0.2, 0) is 10.0 Å². The molecule has 1 aromatic rings. The molecule has 0 spiro atoms. The first-order valence-electron chi connectivity index (χ1n) is 5.41. The van der Waals surface area contributed by atoms with Crippen molar-refractivity contribution >= 4 is 60.9 Å². The van der Waals surface area contributed by atoms with Crippen LogP contribution in [0.1, 0.15) is 6.92 Å². The molecular formula is C11H14BrCl2NO2S2. The van der Waals surface area contributed by atoms with Crippen LogP contribution < -0.4 is 4.72 Å². The van der Waals surface area contributed by atoms with Crippen molar-refractivity contribution in [1.82, 2.24) is 4.72 Å². The van der Waals surface area contributed by atoms with E-state index in [-0.39, 0.29) is 20.9 Å². The highest BCUT2D eigenvalue weighted by molar-refractivity contribution is 9.10. The predicted octanol–water partition coefficient (Wildman–Crippen LogP) is 4.03. The molecule has 0 saturated heterocycles. The summed E-state index contributed by atoms with van der Waals surface area (Å²) in [5, 5.41) is 0.203. The van der Waals surface area contributed by atoms with Gasteiger partial charge in [-0.2, -0.15) is 11.8 Å². The van der Waals surface area contributed by atoms with Crippen LogP contribution in [0.2, 0.25) is 10.0 Å². The summed E-state index contributed by atoms with van der Waals surface area (Å²) in [6, 6.07) is 3.01. The molecular weight excluding hydrogens is 393 g/mol. The summed E-state index contributed by atoms with van der Waals surface area (Å²) in [5.74, 6) is 1.11. The number of thioether (sulfide) groups is 1. The lowest BCUT2D eigenvalue weighted by atomic mass is 10.2. The molecule has 1 unspecified atom stereocenters. The average Bonchev–Trinajstić information content (AvgIpc) is 2.25. The Morgan fingerprint density at radius 1 is 1.37 bits per heavy atom. The third-order valence-corrected chi connectivity index (χ3v) is 6.01. The van der Waals surface area contributed by atoms with Gasteiger partial charge in [0.25, 0.3) is 0 Å². The number of hydrogen-bond acceptors (Lipinski definition) is 3. The standard InChI is InChI=1S/C11H14BrCl2NO2S2/c1-7(6-18-2)5-15-19(16,17)11-9(13)3-8(12)4-10(11)14/h3-4,7,15H,5-6H2,1-2H3. The minimum atomic E-state index is -3.70. The van der Waals surface area contributed by atoms with Crippen LogP contribution in [0.25, 0.3) is 0 Å². The molecule has 0 amide bonds. The van der Waals surface area contributed by atoms with Crippen LogP contribution >= 0.6 is 50.9 Å². The second kappa shape index (κ2) is 7.52. The van der Waals surface area contributed by atoms with Gasteiger partial charge in [-0.05, 0) is 30.1 Å². The third kappa shape index (κ3) is 5.10. The fourth-order valence-corrected chi connectivity index (χ4v) is 5.24. The van der Waals surface area contributed by atoms with Crippen molar-refractivity contribution in [2.45, 2.75) is 11.8 Å². The van der Waals surface area contributed by atoms with Gasteiger partial charge in [-0.3, -0.25) is 0 Å². The summed E-state index contributed by atoms with van der Waals surface area (Å²) in [4.78, 5) is -0.0737. The van der Waals surface area contributed by atoms with Gasteiger partial charge in [0, 0.05) is 11.0 Å². The van der Waals surface area contributed by atoms with E-state index in [9.17, 15) is 8.42 Å². The first-order chi connectivity index (χ1) is 8.77. The largest absolute Gasteiger partial charge is 0.243 e. The number of hydrogen-bond donors (Lipinski definition) is 1. The maximum Gasteiger partial charge on any atom is 0.243 e. The fourth-order valence-electron chi connectivity index (χ4n) is 1.45. The zero-order valence-electron chi connectivity index (χ0n) is 10.4. The average molecular weight is 407 g/mol. The van der Waals surface area contributed by atoms with Crippen molar-refractivity contribution in [3.63, 3.8) is 0 Å². The molecule has 3 nitrogen and oxygen atoms in total. The van der Waals surface area contributed by atoms with Crippen molar-refractivity contribution in [2.24, 2.45) is 5.92 Å². The van der Waals surface area contributed by atoms with E-state index >= 15 is 0 Å². The monoisotopic (exact) mass is 405 g/mol. The quantitative estimate of drug-likeness (QED) is 0.775. The molecule has 0 aliphatic rings. The number of rotatable bonds is 6. The van der Waals surface area contributed by atoms with E-state index < -0.39 is 10.0 Å². The second-order valence-corrected chi connectivity index (χ2v) is 8.46. The minimum Gasteiger partial charge on any atom is -0.211 e. The van der Waals surface area contributed by atoms with Crippen molar-refractivity contribution in [3.8, 4) is 0 Å². The van der Waals surface area contributed by atoms with Crippen molar-refractivity contribution < 1.29 is 8.42 Å². The van der Waals surface area contributed by atoms with Crippen LogP contribution in [0, 0.1) is 5.92 Å². The highest BCUT2D eigenvalue weighted by Crippen LogP contribution is 2.32. The summed E-state index contributed by atoms with van der Waals surface area (Å²) in [5.41, 5.74) is 0. The predicted molar refractivity (Wildman–Crippen MR) is 86.9 cm³/mol. The van der Waals surface area contributed by atoms with Gasteiger partial charge in [0.2, 0.25) is 10.0 Å². The van der Waals surface area contributed by atoms with Crippen LogP contribution in [0.5, 0.6) is 0 Å². The topological polar surface area (TPSA) is 46.2 Å². The molecule has 1 rings (SSSR count). The van der Waals surface area contributed by atoms with Gasteiger partial charge >= 0.3 is 0 Å². The summed E-state index contributed by atoms with van der Waals surface area (Å²) >= 11 is 16.8. The number of sulfonamides is 1. The van der Waals surface area contributed by atoms with E-state index in [1.54, 1.807) is 11.8 Å². The SMILES string of the molecule is CSCC(C)CNS(=O)(=O)c1c(Cl)cc(Br)cc1Cl. The van der Waals surface area contributed by atoms with Gasteiger partial charge in [-0.25, -0.2) is 13.1 Å². The molecule has 0 aliphatic heterocycles. The van der Waals surface area contributed by atoms with Gasteiger partial charge in [-0.15, -0.1) is 0 Å². The van der Waals surface area contributed by atoms with Crippen LogP contribution in [-0.4, -0.2) is 27.0 Å². The molecule has 108 valence electrons. The van der Waals surface area contributed by atoms with E-state index in [0.717, 1.165) is 5.75 Å². The van der Waals surface area contributed by atoms with Crippen molar-refractivity contribution in [2.75, 3.05) is 18.6 Å². The lowest BCUT2D eigenvalue weighted by Gasteiger charge is -2.13. The highest BCUT2D eigenvalue weighted by Gasteiger charge is 2.22. The Kier molecular flexibility index (Phi) is 6.96. The van der Waals surface area contributed by atoms with E-state index in [0.29, 0.717) is 11.0 Å². The number of halogens is 3. The molecule has 0 fully saturated rings. The number of nitrogens with one attached hydrogen (secondary N) is 1. The first-order valence-corrected chi connectivity index (χ1v) is 9.83. The summed E-state index contributed by atoms with van der Waals surface area (Å²) in [7, 11) is -3.70. The molecule has 0 aliphatic carbocycles. The second-order valence-electron chi connectivity index (χ2n) is 4.11. The minimum absolute atomic E-state index is 0.0737. The molecule has 1 N–H and O–H groups in total. The van der Waals surface area contributed by atoms with E-state index in [4.69, 9.17) is 23.2 Å². The van der Waals surface area contributed by atoms with Crippen molar-refractivity contribution in [3.05, 3.63) is 26.7 Å². The van der Waals surface area contributed by atoms with Gasteiger partial charge in [-0.1, -0.05) is 46.1 Å². The van der Waals surface area contributed by atoms with Gasteiger partial charge < -0.3 is 0 Å². The summed E-state index contributed by atoms with van der Waals surface area (Å²) < 4.78 is 27.6. The van der Waals surface area contributed by atoms with E-state index in [2.05, 4.69) is 20.7 Å². The van der Waals surface area contributed by atoms with Crippen LogP contribution in [0.4, 0.5) is 0 Å². The van der Waals surface area contributed by atoms with E-state index in [1.165, 1.54) is 12.1 Å². The number of benzene rings is 1. The Hall–Kier alpha value is 0.540. The van der Waals surface area contributed by atoms with Gasteiger partial charge in [0.15, 0.2) is 0 Å². The molecule has 19 heavy (non-hydrogen) atoms. The van der Waals surface area contributed by atoms with Crippen LogP contribution in [0.3, 0.4) is 0 Å². The van der Waals surface area contributed by atoms with Gasteiger partial charge in [0.1, 0.15) is 4.90 Å². The van der Waals surface area contributed by atoms with Crippen LogP contribution in [0.15, 0.2) is 21.5 Å². The molecule has 0 saturated carbocycles. The third-order valence-electron chi connectivity index (χ3n) is 2.30. The molecule has 0 radical (unpaired) electrons. The Morgan fingerprint density at radius 2 is 1.89 bits per heavy atom. The smallest absolute Gasteiger partial charge is 0.211 e. The first kappa shape index (κ1) is 17.6. The van der Waals surface area contributed by atoms with Gasteiger partial charge in [0.05, 0.1) is 10.0 Å². The Bertz CT molecular complexity index is 529. The fraction of sp³-hybridized carbons (Fsp3) is 0.455. The lowest BCUT2D eigenvalue weighted by molar-refractivity contribution is 0.563. The molecule has 0 bridgehead atoms. The summed E-state index contributed by atoms with van der Waals surface area (Å²) in [6.45, 7) is 2.33. The Balaban J connectivity index is 2.95. The Labute approximate surface area is 136 Å². The normalized spacial score (nSPS) is 13.5. The highest BCUT2D eigenvalue weighted by atomic mass is 79.9. The zero-order valence-corrected chi connectivity index (χ0v) is 15.1. The molecule has 0 heterocycles. The zero-order chi connectivity index (χ0) is 14.6. The maximum absolute atomic E-state index is 12.2. The maximum atomic E-state index is 12.2. The Morgan fingerprint density at radius 3 is 2.37 bits per heavy atom. The molecule has 8 heteroatoms.